The molecule has 0 aliphatic heterocycles. The van der Waals surface area contributed by atoms with Crippen molar-refractivity contribution in [3.63, 3.8) is 0 Å². The second kappa shape index (κ2) is 6.54. The van der Waals surface area contributed by atoms with Gasteiger partial charge in [-0.05, 0) is 37.6 Å². The molecule has 0 saturated carbocycles. The largest absolute Gasteiger partial charge is 0.466 e. The minimum absolute atomic E-state index is 0.158. The number of nitrogens with one attached hydrogen (secondary N) is 1. The number of aryl methyl sites for hydroxylation is 2. The molecule has 2 rings (SSSR count). The van der Waals surface area contributed by atoms with Crippen molar-refractivity contribution in [3.8, 4) is 0 Å². The third-order valence-electron chi connectivity index (χ3n) is 3.40. The Hall–Kier alpha value is -1.79. The van der Waals surface area contributed by atoms with E-state index >= 15 is 0 Å². The lowest BCUT2D eigenvalue weighted by molar-refractivity contribution is -0.137. The minimum Gasteiger partial charge on any atom is -0.466 e. The third kappa shape index (κ3) is 4.11. The molecule has 2 aromatic rings. The Morgan fingerprint density at radius 1 is 1.23 bits per heavy atom. The van der Waals surface area contributed by atoms with Gasteiger partial charge in [-0.3, -0.25) is 0 Å². The summed E-state index contributed by atoms with van der Waals surface area (Å²) in [6, 6.07) is 6.62. The Morgan fingerprint density at radius 2 is 1.95 bits per heavy atom. The summed E-state index contributed by atoms with van der Waals surface area (Å²) in [5.41, 5.74) is 0.446. The second-order valence-electron chi connectivity index (χ2n) is 5.21. The molecule has 0 radical (unpaired) electrons. The maximum Gasteiger partial charge on any atom is 0.416 e. The summed E-state index contributed by atoms with van der Waals surface area (Å²) >= 11 is 0. The number of aliphatic hydroxyl groups is 1. The van der Waals surface area contributed by atoms with Gasteiger partial charge in [0.05, 0.1) is 11.7 Å². The van der Waals surface area contributed by atoms with Crippen LogP contribution in [0.15, 0.2) is 34.7 Å². The van der Waals surface area contributed by atoms with E-state index in [-0.39, 0.29) is 12.1 Å². The van der Waals surface area contributed by atoms with Crippen molar-refractivity contribution in [3.05, 3.63) is 58.5 Å². The van der Waals surface area contributed by atoms with E-state index in [4.69, 9.17) is 4.42 Å². The highest BCUT2D eigenvalue weighted by Crippen LogP contribution is 2.30. The van der Waals surface area contributed by atoms with Crippen molar-refractivity contribution < 1.29 is 22.7 Å². The minimum atomic E-state index is -4.41. The molecule has 1 aromatic heterocycles. The number of hydrogen-bond acceptors (Lipinski definition) is 3. The molecule has 0 saturated heterocycles. The number of rotatable bonds is 5. The molecule has 6 heteroatoms. The summed E-state index contributed by atoms with van der Waals surface area (Å²) in [5.74, 6) is 1.59. The fraction of sp³-hybridized carbons (Fsp3) is 0.375. The molecule has 1 unspecified atom stereocenters. The van der Waals surface area contributed by atoms with Gasteiger partial charge >= 0.3 is 6.18 Å². The van der Waals surface area contributed by atoms with Crippen LogP contribution in [0.5, 0.6) is 0 Å². The molecule has 1 atom stereocenters. The molecule has 0 bridgehead atoms. The first kappa shape index (κ1) is 16.6. The Balaban J connectivity index is 1.95. The predicted molar refractivity (Wildman–Crippen MR) is 76.3 cm³/mol. The van der Waals surface area contributed by atoms with Crippen LogP contribution >= 0.6 is 0 Å². The van der Waals surface area contributed by atoms with Gasteiger partial charge in [-0.1, -0.05) is 12.1 Å². The molecule has 2 N–H and O–H groups in total. The molecular formula is C16H18F3NO2. The van der Waals surface area contributed by atoms with Gasteiger partial charge in [-0.15, -0.1) is 0 Å². The summed E-state index contributed by atoms with van der Waals surface area (Å²) in [4.78, 5) is 0. The second-order valence-corrected chi connectivity index (χ2v) is 5.21. The van der Waals surface area contributed by atoms with Crippen LogP contribution in [0, 0.1) is 13.8 Å². The summed E-state index contributed by atoms with van der Waals surface area (Å²) in [5, 5.41) is 13.0. The smallest absolute Gasteiger partial charge is 0.416 e. The van der Waals surface area contributed by atoms with Crippen LogP contribution in [0.25, 0.3) is 0 Å². The SMILES string of the molecule is Cc1cc(CNCC(O)c2cccc(C(F)(F)F)c2)c(C)o1. The molecule has 0 spiro atoms. The topological polar surface area (TPSA) is 45.4 Å². The van der Waals surface area contributed by atoms with Gasteiger partial charge in [0, 0.05) is 18.7 Å². The Labute approximate surface area is 126 Å². The first-order chi connectivity index (χ1) is 10.3. The normalized spacial score (nSPS) is 13.4. The van der Waals surface area contributed by atoms with Crippen molar-refractivity contribution >= 4 is 0 Å². The van der Waals surface area contributed by atoms with E-state index in [0.717, 1.165) is 29.2 Å². The third-order valence-corrected chi connectivity index (χ3v) is 3.40. The van der Waals surface area contributed by atoms with Gasteiger partial charge in [0.25, 0.3) is 0 Å². The van der Waals surface area contributed by atoms with Gasteiger partial charge < -0.3 is 14.8 Å². The quantitative estimate of drug-likeness (QED) is 0.884. The van der Waals surface area contributed by atoms with E-state index in [1.807, 2.05) is 19.9 Å². The van der Waals surface area contributed by atoms with Gasteiger partial charge in [0.1, 0.15) is 11.5 Å². The molecule has 1 heterocycles. The van der Waals surface area contributed by atoms with Crippen molar-refractivity contribution in [2.75, 3.05) is 6.54 Å². The van der Waals surface area contributed by atoms with Crippen LogP contribution in [-0.4, -0.2) is 11.7 Å². The van der Waals surface area contributed by atoms with E-state index in [1.165, 1.54) is 12.1 Å². The first-order valence-electron chi connectivity index (χ1n) is 6.89. The fourth-order valence-electron chi connectivity index (χ4n) is 2.24. The lowest BCUT2D eigenvalue weighted by atomic mass is 10.1. The summed E-state index contributed by atoms with van der Waals surface area (Å²) in [6.45, 7) is 4.32. The number of furan rings is 1. The first-order valence-corrected chi connectivity index (χ1v) is 6.89. The number of hydrogen-bond donors (Lipinski definition) is 2. The van der Waals surface area contributed by atoms with E-state index in [0.29, 0.717) is 6.54 Å². The lowest BCUT2D eigenvalue weighted by Crippen LogP contribution is -2.21. The van der Waals surface area contributed by atoms with Crippen molar-refractivity contribution in [1.82, 2.24) is 5.32 Å². The van der Waals surface area contributed by atoms with E-state index in [1.54, 1.807) is 0 Å². The molecule has 0 fully saturated rings. The van der Waals surface area contributed by atoms with Gasteiger partial charge in [0.2, 0.25) is 0 Å². The summed E-state index contributed by atoms with van der Waals surface area (Å²) in [7, 11) is 0. The van der Waals surface area contributed by atoms with Gasteiger partial charge in [0.15, 0.2) is 0 Å². The molecule has 22 heavy (non-hydrogen) atoms. The van der Waals surface area contributed by atoms with Crippen LogP contribution in [0.1, 0.15) is 34.3 Å². The zero-order valence-electron chi connectivity index (χ0n) is 12.4. The number of benzene rings is 1. The fourth-order valence-corrected chi connectivity index (χ4v) is 2.24. The molecule has 0 amide bonds. The zero-order valence-corrected chi connectivity index (χ0v) is 12.4. The average Bonchev–Trinajstić information content (AvgIpc) is 2.76. The Kier molecular flexibility index (Phi) is 4.93. The summed E-state index contributed by atoms with van der Waals surface area (Å²) < 4.78 is 43.3. The molecule has 1 aromatic carbocycles. The maximum atomic E-state index is 12.6. The Bertz CT molecular complexity index is 635. The van der Waals surface area contributed by atoms with Crippen LogP contribution in [0.2, 0.25) is 0 Å². The maximum absolute atomic E-state index is 12.6. The zero-order chi connectivity index (χ0) is 16.3. The van der Waals surface area contributed by atoms with Crippen LogP contribution in [0.4, 0.5) is 13.2 Å². The molecule has 0 aliphatic carbocycles. The standard InChI is InChI=1S/C16H18F3NO2/c1-10-6-13(11(2)22-10)8-20-9-15(21)12-4-3-5-14(7-12)16(17,18)19/h3-7,15,20-21H,8-9H2,1-2H3. The molecule has 3 nitrogen and oxygen atoms in total. The van der Waals surface area contributed by atoms with Crippen LogP contribution < -0.4 is 5.32 Å². The van der Waals surface area contributed by atoms with Crippen molar-refractivity contribution in [2.24, 2.45) is 0 Å². The lowest BCUT2D eigenvalue weighted by Gasteiger charge is -2.14. The molecule has 120 valence electrons. The van der Waals surface area contributed by atoms with E-state index in [9.17, 15) is 18.3 Å². The average molecular weight is 313 g/mol. The molecule has 0 aliphatic rings. The van der Waals surface area contributed by atoms with Crippen molar-refractivity contribution in [1.29, 1.82) is 0 Å². The highest BCUT2D eigenvalue weighted by molar-refractivity contribution is 5.27. The highest BCUT2D eigenvalue weighted by Gasteiger charge is 2.30. The highest BCUT2D eigenvalue weighted by atomic mass is 19.4. The number of alkyl halides is 3. The van der Waals surface area contributed by atoms with Gasteiger partial charge in [-0.25, -0.2) is 0 Å². The Morgan fingerprint density at radius 3 is 2.55 bits per heavy atom. The van der Waals surface area contributed by atoms with Crippen LogP contribution in [0.3, 0.4) is 0 Å². The molecular weight excluding hydrogens is 295 g/mol. The van der Waals surface area contributed by atoms with Gasteiger partial charge in [-0.2, -0.15) is 13.2 Å². The van der Waals surface area contributed by atoms with Crippen molar-refractivity contribution in [2.45, 2.75) is 32.7 Å². The summed E-state index contributed by atoms with van der Waals surface area (Å²) in [6.07, 6.45) is -5.41. The predicted octanol–water partition coefficient (Wildman–Crippen LogP) is 3.74. The van der Waals surface area contributed by atoms with Crippen LogP contribution in [-0.2, 0) is 12.7 Å². The number of halogens is 3. The monoisotopic (exact) mass is 313 g/mol. The van der Waals surface area contributed by atoms with E-state index in [2.05, 4.69) is 5.32 Å². The van der Waals surface area contributed by atoms with E-state index < -0.39 is 17.8 Å². The number of aliphatic hydroxyl groups excluding tert-OH is 1.